The molecule has 0 saturated carbocycles. The van der Waals surface area contributed by atoms with Crippen LogP contribution in [0.15, 0.2) is 77.4 Å². The molecule has 0 N–H and O–H groups in total. The molecule has 0 bridgehead atoms. The molecule has 0 saturated heterocycles. The minimum absolute atomic E-state index is 0.158. The average Bonchev–Trinajstić information content (AvgIpc) is 3.32. The molecule has 3 aromatic carbocycles. The molecule has 2 heterocycles. The van der Waals surface area contributed by atoms with E-state index in [0.29, 0.717) is 23.0 Å². The van der Waals surface area contributed by atoms with Crippen LogP contribution in [0, 0.1) is 13.8 Å². The first-order valence-corrected chi connectivity index (χ1v) is 9.77. The molecule has 148 valence electrons. The number of benzene rings is 3. The number of fused-ring (bicyclic) bond motifs is 1. The number of rotatable bonds is 3. The van der Waals surface area contributed by atoms with E-state index in [1.165, 1.54) is 0 Å². The SMILES string of the molecule is Cc1cccc(C2=N/C(=C/c3ccc4c(c3)OCO4)C(=O)N2c2cccc(C)c2)c1. The van der Waals surface area contributed by atoms with Gasteiger partial charge in [0, 0.05) is 5.56 Å². The molecule has 30 heavy (non-hydrogen) atoms. The molecule has 3 aromatic rings. The predicted molar refractivity (Wildman–Crippen MR) is 117 cm³/mol. The summed E-state index contributed by atoms with van der Waals surface area (Å²) in [6, 6.07) is 21.5. The van der Waals surface area contributed by atoms with Crippen molar-refractivity contribution in [1.29, 1.82) is 0 Å². The summed E-state index contributed by atoms with van der Waals surface area (Å²) in [4.78, 5) is 19.8. The van der Waals surface area contributed by atoms with Crippen LogP contribution in [0.5, 0.6) is 11.5 Å². The second kappa shape index (κ2) is 7.19. The summed E-state index contributed by atoms with van der Waals surface area (Å²) in [6.45, 7) is 4.25. The number of nitrogens with zero attached hydrogens (tertiary/aromatic N) is 2. The summed E-state index contributed by atoms with van der Waals surface area (Å²) in [7, 11) is 0. The van der Waals surface area contributed by atoms with Gasteiger partial charge < -0.3 is 9.47 Å². The lowest BCUT2D eigenvalue weighted by Gasteiger charge is -2.19. The molecule has 5 rings (SSSR count). The third kappa shape index (κ3) is 3.24. The lowest BCUT2D eigenvalue weighted by molar-refractivity contribution is -0.113. The fourth-order valence-electron chi connectivity index (χ4n) is 3.66. The van der Waals surface area contributed by atoms with Crippen molar-refractivity contribution in [2.24, 2.45) is 4.99 Å². The monoisotopic (exact) mass is 396 g/mol. The zero-order chi connectivity index (χ0) is 20.7. The van der Waals surface area contributed by atoms with Crippen molar-refractivity contribution in [3.05, 3.63) is 94.7 Å². The molecule has 0 spiro atoms. The van der Waals surface area contributed by atoms with Gasteiger partial charge in [-0.05, 0) is 61.4 Å². The number of amidine groups is 1. The van der Waals surface area contributed by atoms with Crippen LogP contribution in [0.25, 0.3) is 6.08 Å². The van der Waals surface area contributed by atoms with E-state index in [4.69, 9.17) is 14.5 Å². The maximum atomic E-state index is 13.4. The Morgan fingerprint density at radius 3 is 2.47 bits per heavy atom. The molecule has 0 atom stereocenters. The van der Waals surface area contributed by atoms with Gasteiger partial charge in [-0.2, -0.15) is 0 Å². The van der Waals surface area contributed by atoms with E-state index >= 15 is 0 Å². The van der Waals surface area contributed by atoms with Crippen molar-refractivity contribution in [1.82, 2.24) is 0 Å². The van der Waals surface area contributed by atoms with E-state index in [2.05, 4.69) is 0 Å². The Kier molecular flexibility index (Phi) is 4.36. The molecule has 0 aliphatic carbocycles. The first kappa shape index (κ1) is 18.2. The second-order valence-corrected chi connectivity index (χ2v) is 7.43. The first-order valence-electron chi connectivity index (χ1n) is 9.77. The van der Waals surface area contributed by atoms with E-state index in [1.54, 1.807) is 11.0 Å². The third-order valence-corrected chi connectivity index (χ3v) is 5.10. The van der Waals surface area contributed by atoms with E-state index in [-0.39, 0.29) is 12.7 Å². The number of aliphatic imine (C=N–C) groups is 1. The molecule has 5 nitrogen and oxygen atoms in total. The van der Waals surface area contributed by atoms with Crippen LogP contribution in [0.4, 0.5) is 5.69 Å². The van der Waals surface area contributed by atoms with Crippen LogP contribution < -0.4 is 14.4 Å². The Hall–Kier alpha value is -3.86. The van der Waals surface area contributed by atoms with Crippen molar-refractivity contribution >= 4 is 23.5 Å². The molecule has 0 aromatic heterocycles. The molecule has 0 fully saturated rings. The van der Waals surface area contributed by atoms with Gasteiger partial charge in [-0.1, -0.05) is 42.0 Å². The lowest BCUT2D eigenvalue weighted by Crippen LogP contribution is -2.32. The standard InChI is InChI=1S/C25H20N2O3/c1-16-5-3-7-19(11-16)24-26-21(13-18-9-10-22-23(14-18)30-15-29-22)25(28)27(24)20-8-4-6-17(2)12-20/h3-14H,15H2,1-2H3/b21-13+. The highest BCUT2D eigenvalue weighted by atomic mass is 16.7. The normalized spacial score (nSPS) is 16.3. The van der Waals surface area contributed by atoms with Crippen molar-refractivity contribution in [3.63, 3.8) is 0 Å². The third-order valence-electron chi connectivity index (χ3n) is 5.10. The van der Waals surface area contributed by atoms with Gasteiger partial charge in [0.2, 0.25) is 6.79 Å². The fourth-order valence-corrected chi connectivity index (χ4v) is 3.66. The van der Waals surface area contributed by atoms with Crippen LogP contribution in [0.1, 0.15) is 22.3 Å². The summed E-state index contributed by atoms with van der Waals surface area (Å²) < 4.78 is 10.8. The lowest BCUT2D eigenvalue weighted by atomic mass is 10.1. The molecule has 0 unspecified atom stereocenters. The molecule has 1 amide bonds. The minimum atomic E-state index is -0.158. The van der Waals surface area contributed by atoms with E-state index in [0.717, 1.165) is 27.9 Å². The highest BCUT2D eigenvalue weighted by molar-refractivity contribution is 6.33. The summed E-state index contributed by atoms with van der Waals surface area (Å²) in [5.74, 6) is 1.85. The Bertz CT molecular complexity index is 1230. The summed E-state index contributed by atoms with van der Waals surface area (Å²) in [6.07, 6.45) is 1.79. The van der Waals surface area contributed by atoms with Crippen molar-refractivity contribution in [3.8, 4) is 11.5 Å². The highest BCUT2D eigenvalue weighted by Gasteiger charge is 2.32. The van der Waals surface area contributed by atoms with Crippen LogP contribution in [-0.4, -0.2) is 18.5 Å². The van der Waals surface area contributed by atoms with Crippen molar-refractivity contribution < 1.29 is 14.3 Å². The molecule has 2 aliphatic heterocycles. The smallest absolute Gasteiger partial charge is 0.282 e. The Morgan fingerprint density at radius 1 is 0.900 bits per heavy atom. The van der Waals surface area contributed by atoms with Gasteiger partial charge in [0.25, 0.3) is 5.91 Å². The Labute approximate surface area is 174 Å². The van der Waals surface area contributed by atoms with E-state index in [1.807, 2.05) is 80.6 Å². The van der Waals surface area contributed by atoms with Gasteiger partial charge in [-0.15, -0.1) is 0 Å². The highest BCUT2D eigenvalue weighted by Crippen LogP contribution is 2.34. The van der Waals surface area contributed by atoms with Crippen molar-refractivity contribution in [2.45, 2.75) is 13.8 Å². The zero-order valence-corrected chi connectivity index (χ0v) is 16.8. The van der Waals surface area contributed by atoms with Gasteiger partial charge in [0.1, 0.15) is 11.5 Å². The zero-order valence-electron chi connectivity index (χ0n) is 16.8. The Morgan fingerprint density at radius 2 is 1.67 bits per heavy atom. The average molecular weight is 396 g/mol. The van der Waals surface area contributed by atoms with Crippen LogP contribution in [-0.2, 0) is 4.79 Å². The largest absolute Gasteiger partial charge is 0.454 e. The molecular formula is C25H20N2O3. The molecule has 2 aliphatic rings. The van der Waals surface area contributed by atoms with Crippen LogP contribution in [0.3, 0.4) is 0 Å². The number of aryl methyl sites for hydroxylation is 2. The molecular weight excluding hydrogens is 376 g/mol. The maximum absolute atomic E-state index is 13.4. The summed E-state index contributed by atoms with van der Waals surface area (Å²) in [5, 5.41) is 0. The molecule has 0 radical (unpaired) electrons. The number of carbonyl (C=O) groups excluding carboxylic acids is 1. The van der Waals surface area contributed by atoms with E-state index in [9.17, 15) is 4.79 Å². The number of amides is 1. The number of hydrogen-bond acceptors (Lipinski definition) is 4. The van der Waals surface area contributed by atoms with Crippen molar-refractivity contribution in [2.75, 3.05) is 11.7 Å². The van der Waals surface area contributed by atoms with Crippen LogP contribution in [0.2, 0.25) is 0 Å². The van der Waals surface area contributed by atoms with Gasteiger partial charge in [-0.25, -0.2) is 4.99 Å². The number of carbonyl (C=O) groups is 1. The maximum Gasteiger partial charge on any atom is 0.282 e. The number of ether oxygens (including phenoxy) is 2. The quantitative estimate of drug-likeness (QED) is 0.594. The first-order chi connectivity index (χ1) is 14.6. The minimum Gasteiger partial charge on any atom is -0.454 e. The predicted octanol–water partition coefficient (Wildman–Crippen LogP) is 4.87. The van der Waals surface area contributed by atoms with Gasteiger partial charge >= 0.3 is 0 Å². The fraction of sp³-hybridized carbons (Fsp3) is 0.120. The summed E-state index contributed by atoms with van der Waals surface area (Å²) >= 11 is 0. The summed E-state index contributed by atoms with van der Waals surface area (Å²) in [5.41, 5.74) is 5.11. The topological polar surface area (TPSA) is 51.1 Å². The van der Waals surface area contributed by atoms with Gasteiger partial charge in [0.15, 0.2) is 11.5 Å². The number of anilines is 1. The van der Waals surface area contributed by atoms with Crippen LogP contribution >= 0.6 is 0 Å². The van der Waals surface area contributed by atoms with E-state index < -0.39 is 0 Å². The molecule has 5 heteroatoms. The Balaban J connectivity index is 1.61. The van der Waals surface area contributed by atoms with Gasteiger partial charge in [-0.3, -0.25) is 9.69 Å². The second-order valence-electron chi connectivity index (χ2n) is 7.43. The van der Waals surface area contributed by atoms with Gasteiger partial charge in [0.05, 0.1) is 5.69 Å². The number of hydrogen-bond donors (Lipinski definition) is 0.